The summed E-state index contributed by atoms with van der Waals surface area (Å²) in [6.07, 6.45) is 2.70. The van der Waals surface area contributed by atoms with Crippen LogP contribution in [0.2, 0.25) is 0 Å². The van der Waals surface area contributed by atoms with Gasteiger partial charge in [-0.05, 0) is 38.8 Å². The molecule has 0 aliphatic carbocycles. The van der Waals surface area contributed by atoms with Gasteiger partial charge in [-0.3, -0.25) is 9.69 Å². The molecule has 4 rings (SSSR count). The molecule has 0 amide bonds. The minimum atomic E-state index is -0.250. The van der Waals surface area contributed by atoms with E-state index in [1.807, 2.05) is 38.1 Å². The van der Waals surface area contributed by atoms with Crippen molar-refractivity contribution < 1.29 is 29.2 Å². The Balaban J connectivity index is 0.000000706. The number of carbonyl (C=O) groups is 1. The highest BCUT2D eigenvalue weighted by Gasteiger charge is 2.62. The van der Waals surface area contributed by atoms with Gasteiger partial charge in [0.05, 0.1) is 17.8 Å². The second-order valence-corrected chi connectivity index (χ2v) is 8.04. The highest BCUT2D eigenvalue weighted by Crippen LogP contribution is 2.54. The molecule has 3 heterocycles. The number of hydrogen-bond acceptors (Lipinski definition) is 6. The van der Waals surface area contributed by atoms with Gasteiger partial charge in [0.2, 0.25) is 0 Å². The van der Waals surface area contributed by atoms with Crippen molar-refractivity contribution in [1.29, 1.82) is 0 Å². The van der Waals surface area contributed by atoms with E-state index < -0.39 is 0 Å². The Morgan fingerprint density at radius 2 is 2.14 bits per heavy atom. The molecule has 0 radical (unpaired) electrons. The van der Waals surface area contributed by atoms with Gasteiger partial charge in [-0.2, -0.15) is 0 Å². The fourth-order valence-electron chi connectivity index (χ4n) is 4.90. The summed E-state index contributed by atoms with van der Waals surface area (Å²) < 4.78 is 17.9. The number of likely N-dealkylation sites (tertiary alicyclic amines) is 1. The number of ether oxygens (including phenoxy) is 3. The molecule has 1 aromatic carbocycles. The summed E-state index contributed by atoms with van der Waals surface area (Å²) in [4.78, 5) is 10.8. The minimum Gasteiger partial charge on any atom is -0.492 e. The Morgan fingerprint density at radius 1 is 1.39 bits per heavy atom. The third kappa shape index (κ3) is 4.42. The fraction of sp³-hybridized carbons (Fsp3) is 0.667. The van der Waals surface area contributed by atoms with E-state index in [9.17, 15) is 5.11 Å². The molecule has 3 aliphatic rings. The van der Waals surface area contributed by atoms with Crippen molar-refractivity contribution in [3.8, 4) is 11.5 Å². The van der Waals surface area contributed by atoms with E-state index in [-0.39, 0.29) is 30.9 Å². The first-order valence-electron chi connectivity index (χ1n) is 9.99. The Kier molecular flexibility index (Phi) is 6.80. The average molecular weight is 393 g/mol. The van der Waals surface area contributed by atoms with Gasteiger partial charge in [-0.1, -0.05) is 6.07 Å². The molecule has 0 unspecified atom stereocenters. The molecule has 1 aromatic rings. The summed E-state index contributed by atoms with van der Waals surface area (Å²) in [5, 5.41) is 16.6. The predicted octanol–water partition coefficient (Wildman–Crippen LogP) is 2.03. The number of rotatable bonds is 7. The lowest BCUT2D eigenvalue weighted by atomic mass is 9.74. The molecule has 3 aliphatic heterocycles. The molecular formula is C21H31NO6. The van der Waals surface area contributed by atoms with Gasteiger partial charge in [-0.25, -0.2) is 0 Å². The van der Waals surface area contributed by atoms with Gasteiger partial charge in [-0.15, -0.1) is 0 Å². The molecule has 0 aromatic heterocycles. The first-order valence-corrected chi connectivity index (χ1v) is 9.99. The number of fused-ring (bicyclic) bond motifs is 1. The smallest absolute Gasteiger partial charge is 0.290 e. The molecule has 3 saturated heterocycles. The maximum Gasteiger partial charge on any atom is 0.290 e. The summed E-state index contributed by atoms with van der Waals surface area (Å²) in [5.74, 6) is 2.50. The molecule has 4 atom stereocenters. The van der Waals surface area contributed by atoms with Gasteiger partial charge >= 0.3 is 0 Å². The molecule has 7 heteroatoms. The van der Waals surface area contributed by atoms with Crippen LogP contribution < -0.4 is 9.47 Å². The maximum absolute atomic E-state index is 9.70. The van der Waals surface area contributed by atoms with Crippen molar-refractivity contribution in [2.45, 2.75) is 44.5 Å². The highest BCUT2D eigenvalue weighted by atomic mass is 16.5. The van der Waals surface area contributed by atoms with Crippen molar-refractivity contribution >= 4 is 6.47 Å². The van der Waals surface area contributed by atoms with E-state index >= 15 is 0 Å². The molecule has 156 valence electrons. The van der Waals surface area contributed by atoms with Crippen molar-refractivity contribution in [2.75, 3.05) is 32.8 Å². The summed E-state index contributed by atoms with van der Waals surface area (Å²) in [7, 11) is 0. The number of nitrogens with zero attached hydrogens (tertiary/aromatic N) is 1. The monoisotopic (exact) mass is 393 g/mol. The third-order valence-corrected chi connectivity index (χ3v) is 5.92. The lowest BCUT2D eigenvalue weighted by Gasteiger charge is -2.28. The third-order valence-electron chi connectivity index (χ3n) is 5.92. The van der Waals surface area contributed by atoms with Crippen molar-refractivity contribution in [2.24, 2.45) is 11.8 Å². The number of aliphatic hydroxyl groups is 1. The second-order valence-electron chi connectivity index (χ2n) is 8.04. The van der Waals surface area contributed by atoms with Gasteiger partial charge in [0.15, 0.2) is 0 Å². The van der Waals surface area contributed by atoms with Gasteiger partial charge in [0.25, 0.3) is 6.47 Å². The highest BCUT2D eigenvalue weighted by molar-refractivity contribution is 5.33. The van der Waals surface area contributed by atoms with Gasteiger partial charge in [0.1, 0.15) is 18.1 Å². The van der Waals surface area contributed by atoms with Crippen molar-refractivity contribution in [3.05, 3.63) is 24.3 Å². The summed E-state index contributed by atoms with van der Waals surface area (Å²) in [6, 6.07) is 7.84. The molecule has 0 saturated carbocycles. The van der Waals surface area contributed by atoms with Crippen molar-refractivity contribution in [1.82, 2.24) is 4.90 Å². The molecular weight excluding hydrogens is 362 g/mol. The van der Waals surface area contributed by atoms with Crippen LogP contribution in [0, 0.1) is 11.8 Å². The van der Waals surface area contributed by atoms with Gasteiger partial charge in [0, 0.05) is 44.1 Å². The van der Waals surface area contributed by atoms with Crippen LogP contribution in [-0.2, 0) is 9.53 Å². The van der Waals surface area contributed by atoms with Crippen LogP contribution in [0.5, 0.6) is 11.5 Å². The molecule has 7 nitrogen and oxygen atoms in total. The number of carboxylic acid groups (broad SMARTS) is 1. The molecule has 2 bridgehead atoms. The molecule has 2 N–H and O–H groups in total. The van der Waals surface area contributed by atoms with Crippen LogP contribution in [0.15, 0.2) is 24.3 Å². The van der Waals surface area contributed by atoms with E-state index in [2.05, 4.69) is 4.90 Å². The molecule has 3 fully saturated rings. The quantitative estimate of drug-likeness (QED) is 0.685. The summed E-state index contributed by atoms with van der Waals surface area (Å²) >= 11 is 0. The zero-order chi connectivity index (χ0) is 20.1. The normalized spacial score (nSPS) is 30.6. The Morgan fingerprint density at radius 3 is 2.86 bits per heavy atom. The topological polar surface area (TPSA) is 88.5 Å². The van der Waals surface area contributed by atoms with E-state index in [0.29, 0.717) is 18.4 Å². The first-order chi connectivity index (χ1) is 13.5. The average Bonchev–Trinajstić information content (AvgIpc) is 3.29. The van der Waals surface area contributed by atoms with E-state index in [1.165, 1.54) is 0 Å². The fourth-order valence-corrected chi connectivity index (χ4v) is 4.90. The number of benzene rings is 1. The summed E-state index contributed by atoms with van der Waals surface area (Å²) in [5.41, 5.74) is 0.00306. The zero-order valence-corrected chi connectivity index (χ0v) is 16.6. The predicted molar refractivity (Wildman–Crippen MR) is 104 cm³/mol. The lowest BCUT2D eigenvalue weighted by molar-refractivity contribution is -0.122. The zero-order valence-electron chi connectivity index (χ0n) is 16.6. The summed E-state index contributed by atoms with van der Waals surface area (Å²) in [6.45, 7) is 7.58. The van der Waals surface area contributed by atoms with Crippen LogP contribution in [0.1, 0.15) is 26.7 Å². The van der Waals surface area contributed by atoms with E-state index in [4.69, 9.17) is 24.1 Å². The largest absolute Gasteiger partial charge is 0.492 e. The Bertz CT molecular complexity index is 654. The second kappa shape index (κ2) is 9.11. The van der Waals surface area contributed by atoms with Gasteiger partial charge < -0.3 is 24.4 Å². The molecule has 28 heavy (non-hydrogen) atoms. The lowest BCUT2D eigenvalue weighted by Crippen LogP contribution is -2.38. The first kappa shape index (κ1) is 20.9. The Labute approximate surface area is 166 Å². The minimum absolute atomic E-state index is 0.00306. The number of hydrogen-bond donors (Lipinski definition) is 2. The van der Waals surface area contributed by atoms with Crippen LogP contribution >= 0.6 is 0 Å². The van der Waals surface area contributed by atoms with E-state index in [1.54, 1.807) is 0 Å². The van der Waals surface area contributed by atoms with Crippen LogP contribution in [0.25, 0.3) is 0 Å². The van der Waals surface area contributed by atoms with Crippen molar-refractivity contribution in [3.63, 3.8) is 0 Å². The SMILES string of the molecule is CC(C)Oc1cccc(OCCN2C[C@@H]3[C@H](CO)[C@H]4CC[C@]3(C2)O4)c1.O=CO. The standard InChI is InChI=1S/C20H29NO4.CH2O2/c1-14(2)24-16-5-3-4-15(10-16)23-9-8-21-11-18-17(12-22)19-6-7-20(18,13-21)25-19;2-1-3/h3-5,10,14,17-19,22H,6-9,11-13H2,1-2H3;1H,(H,2,3)/t17-,18+,19+,20+;/m0./s1. The van der Waals surface area contributed by atoms with Crippen LogP contribution in [0.4, 0.5) is 0 Å². The Hall–Kier alpha value is -1.83. The number of aliphatic hydroxyl groups excluding tert-OH is 1. The molecule has 1 spiro atoms. The van der Waals surface area contributed by atoms with Crippen LogP contribution in [-0.4, -0.2) is 72.2 Å². The van der Waals surface area contributed by atoms with E-state index in [0.717, 1.165) is 44.0 Å². The van der Waals surface area contributed by atoms with Crippen LogP contribution in [0.3, 0.4) is 0 Å². The maximum atomic E-state index is 9.70.